The minimum Gasteiger partial charge on any atom is -0.442 e. The molecule has 2 aromatic carbocycles. The predicted molar refractivity (Wildman–Crippen MR) is 92.5 cm³/mol. The topological polar surface area (TPSA) is 90.3 Å². The van der Waals surface area contributed by atoms with Gasteiger partial charge in [-0.2, -0.15) is 0 Å². The molecule has 1 saturated heterocycles. The fourth-order valence-electron chi connectivity index (χ4n) is 3.75. The summed E-state index contributed by atoms with van der Waals surface area (Å²) in [5, 5.41) is 3.16. The Morgan fingerprint density at radius 2 is 1.85 bits per heavy atom. The molecule has 3 heterocycles. The average Bonchev–Trinajstić information content (AvgIpc) is 3.14. The lowest BCUT2D eigenvalue weighted by molar-refractivity contribution is -0.157. The van der Waals surface area contributed by atoms with Gasteiger partial charge >= 0.3 is 5.97 Å². The number of nitrogens with one attached hydrogen (secondary N) is 1. The van der Waals surface area contributed by atoms with E-state index in [2.05, 4.69) is 10.3 Å². The maximum absolute atomic E-state index is 12.8. The molecule has 0 bridgehead atoms. The second kappa shape index (κ2) is 5.01. The summed E-state index contributed by atoms with van der Waals surface area (Å²) in [6.07, 6.45) is 1.39. The van der Waals surface area contributed by atoms with Gasteiger partial charge in [-0.05, 0) is 18.2 Å². The molecular weight excluding hydrogens is 334 g/mol. The molecule has 2 aliphatic rings. The number of para-hydroxylation sites is 2. The van der Waals surface area contributed by atoms with Crippen LogP contribution in [-0.4, -0.2) is 21.4 Å². The van der Waals surface area contributed by atoms with Crippen molar-refractivity contribution in [3.8, 4) is 0 Å². The lowest BCUT2D eigenvalue weighted by Crippen LogP contribution is -2.34. The molecule has 2 aliphatic heterocycles. The Bertz CT molecular complexity index is 1150. The van der Waals surface area contributed by atoms with Gasteiger partial charge in [-0.1, -0.05) is 30.3 Å². The monoisotopic (exact) mass is 347 g/mol. The van der Waals surface area contributed by atoms with E-state index in [-0.39, 0.29) is 12.0 Å². The highest BCUT2D eigenvalue weighted by Crippen LogP contribution is 2.48. The lowest BCUT2D eigenvalue weighted by Gasteiger charge is -2.19. The molecule has 0 aliphatic carbocycles. The van der Waals surface area contributed by atoms with Crippen molar-refractivity contribution in [2.45, 2.75) is 18.1 Å². The molecule has 3 aromatic rings. The first kappa shape index (κ1) is 14.8. The predicted octanol–water partition coefficient (Wildman–Crippen LogP) is 1.73. The van der Waals surface area contributed by atoms with Crippen molar-refractivity contribution < 1.29 is 14.3 Å². The van der Waals surface area contributed by atoms with Gasteiger partial charge < -0.3 is 10.1 Å². The Labute approximate surface area is 147 Å². The highest BCUT2D eigenvalue weighted by molar-refractivity contribution is 6.07. The molecule has 1 amide bonds. The van der Waals surface area contributed by atoms with Crippen LogP contribution in [0.2, 0.25) is 0 Å². The molecule has 0 unspecified atom stereocenters. The number of benzene rings is 2. The van der Waals surface area contributed by atoms with Crippen molar-refractivity contribution in [3.05, 3.63) is 70.8 Å². The number of hydrogen-bond acceptors (Lipinski definition) is 5. The summed E-state index contributed by atoms with van der Waals surface area (Å²) in [7, 11) is 0. The second-order valence-electron chi connectivity index (χ2n) is 6.44. The van der Waals surface area contributed by atoms with E-state index in [0.29, 0.717) is 22.2 Å². The molecular formula is C19H13N3O4. The zero-order valence-corrected chi connectivity index (χ0v) is 13.5. The zero-order chi connectivity index (χ0) is 17.9. The third kappa shape index (κ3) is 1.82. The molecule has 5 rings (SSSR count). The van der Waals surface area contributed by atoms with Crippen molar-refractivity contribution in [3.63, 3.8) is 0 Å². The Balaban J connectivity index is 1.63. The number of aromatic nitrogens is 2. The Kier molecular flexibility index (Phi) is 2.86. The average molecular weight is 347 g/mol. The van der Waals surface area contributed by atoms with E-state index >= 15 is 0 Å². The molecule has 26 heavy (non-hydrogen) atoms. The Hall–Kier alpha value is -3.48. The van der Waals surface area contributed by atoms with E-state index in [4.69, 9.17) is 4.74 Å². The van der Waals surface area contributed by atoms with Gasteiger partial charge in [-0.25, -0.2) is 9.78 Å². The van der Waals surface area contributed by atoms with Crippen LogP contribution in [0.25, 0.3) is 10.9 Å². The van der Waals surface area contributed by atoms with Crippen molar-refractivity contribution in [2.75, 3.05) is 5.32 Å². The summed E-state index contributed by atoms with van der Waals surface area (Å²) in [5.41, 5.74) is 0.0568. The van der Waals surface area contributed by atoms with Gasteiger partial charge in [0.25, 0.3) is 11.5 Å². The highest BCUT2D eigenvalue weighted by atomic mass is 16.6. The van der Waals surface area contributed by atoms with Gasteiger partial charge in [-0.3, -0.25) is 14.2 Å². The summed E-state index contributed by atoms with van der Waals surface area (Å²) in [5.74, 6) is -1.01. The first-order valence-electron chi connectivity index (χ1n) is 8.20. The van der Waals surface area contributed by atoms with Crippen LogP contribution in [0.1, 0.15) is 18.0 Å². The largest absolute Gasteiger partial charge is 0.442 e. The smallest absolute Gasteiger partial charge is 0.330 e. The fourth-order valence-corrected chi connectivity index (χ4v) is 3.75. The molecule has 1 N–H and O–H groups in total. The van der Waals surface area contributed by atoms with Crippen molar-refractivity contribution in [1.29, 1.82) is 0 Å². The highest BCUT2D eigenvalue weighted by Gasteiger charge is 2.58. The molecule has 7 nitrogen and oxygen atoms in total. The van der Waals surface area contributed by atoms with Crippen molar-refractivity contribution in [1.82, 2.24) is 9.55 Å². The third-order valence-corrected chi connectivity index (χ3v) is 5.03. The number of rotatable bonds is 1. The van der Waals surface area contributed by atoms with Gasteiger partial charge in [-0.15, -0.1) is 0 Å². The quantitative estimate of drug-likeness (QED) is 0.677. The zero-order valence-electron chi connectivity index (χ0n) is 13.5. The number of amides is 1. The number of fused-ring (bicyclic) bond motifs is 3. The molecule has 128 valence electrons. The molecule has 0 saturated carbocycles. The Morgan fingerprint density at radius 3 is 2.73 bits per heavy atom. The summed E-state index contributed by atoms with van der Waals surface area (Å²) < 4.78 is 6.80. The van der Waals surface area contributed by atoms with E-state index in [1.165, 1.54) is 10.9 Å². The minimum absolute atomic E-state index is 0.0502. The van der Waals surface area contributed by atoms with E-state index in [1.807, 2.05) is 0 Å². The molecule has 1 fully saturated rings. The molecule has 1 aromatic heterocycles. The van der Waals surface area contributed by atoms with Crippen LogP contribution >= 0.6 is 0 Å². The summed E-state index contributed by atoms with van der Waals surface area (Å²) in [4.78, 5) is 42.2. The normalized spacial score (nSPS) is 23.9. The van der Waals surface area contributed by atoms with E-state index in [1.54, 1.807) is 48.5 Å². The first-order valence-corrected chi connectivity index (χ1v) is 8.20. The van der Waals surface area contributed by atoms with Crippen molar-refractivity contribution >= 4 is 28.5 Å². The standard InChI is InChI=1S/C19H13N3O4/c23-16-11-5-1-3-7-13(11)20-10-22(16)15-9-19(26-17(15)24)12-6-2-4-8-14(12)21-18(19)25/h1-8,10,15H,9H2,(H,21,25)/t15-,19-/m0/s1. The number of ether oxygens (including phenoxy) is 1. The van der Waals surface area contributed by atoms with Crippen LogP contribution in [-0.2, 0) is 19.9 Å². The second-order valence-corrected chi connectivity index (χ2v) is 6.44. The number of carbonyl (C=O) groups excluding carboxylic acids is 2. The fraction of sp³-hybridized carbons (Fsp3) is 0.158. The molecule has 1 spiro atoms. The van der Waals surface area contributed by atoms with Gasteiger partial charge in [0.05, 0.1) is 17.2 Å². The van der Waals surface area contributed by atoms with Gasteiger partial charge in [0.15, 0.2) is 0 Å². The number of nitrogens with zero attached hydrogens (tertiary/aromatic N) is 2. The number of anilines is 1. The van der Waals surface area contributed by atoms with Gasteiger partial charge in [0.1, 0.15) is 6.04 Å². The summed E-state index contributed by atoms with van der Waals surface area (Å²) >= 11 is 0. The number of hydrogen-bond donors (Lipinski definition) is 1. The van der Waals surface area contributed by atoms with E-state index < -0.39 is 23.5 Å². The Morgan fingerprint density at radius 1 is 1.08 bits per heavy atom. The molecule has 7 heteroatoms. The number of esters is 1. The van der Waals surface area contributed by atoms with Gasteiger partial charge in [0.2, 0.25) is 5.60 Å². The lowest BCUT2D eigenvalue weighted by atomic mass is 9.90. The maximum atomic E-state index is 12.8. The van der Waals surface area contributed by atoms with Gasteiger partial charge in [0, 0.05) is 17.7 Å². The van der Waals surface area contributed by atoms with E-state index in [9.17, 15) is 14.4 Å². The number of carbonyl (C=O) groups is 2. The maximum Gasteiger partial charge on any atom is 0.330 e. The SMILES string of the molecule is O=C1O[C@]2(C[C@@H]1n1cnc3ccccc3c1=O)C(=O)Nc1ccccc12. The minimum atomic E-state index is -1.40. The van der Waals surface area contributed by atoms with E-state index in [0.717, 1.165) is 0 Å². The summed E-state index contributed by atoms with van der Waals surface area (Å²) in [6, 6.07) is 13.1. The van der Waals surface area contributed by atoms with Crippen LogP contribution in [0.5, 0.6) is 0 Å². The third-order valence-electron chi connectivity index (χ3n) is 5.03. The molecule has 2 atom stereocenters. The van der Waals surface area contributed by atoms with Crippen LogP contribution in [0, 0.1) is 0 Å². The molecule has 0 radical (unpaired) electrons. The van der Waals surface area contributed by atoms with Crippen LogP contribution in [0.15, 0.2) is 59.7 Å². The van der Waals surface area contributed by atoms with Crippen molar-refractivity contribution in [2.24, 2.45) is 0 Å². The van der Waals surface area contributed by atoms with Crippen LogP contribution in [0.4, 0.5) is 5.69 Å². The first-order chi connectivity index (χ1) is 12.6. The summed E-state index contributed by atoms with van der Waals surface area (Å²) in [6.45, 7) is 0. The van der Waals surface area contributed by atoms with Crippen LogP contribution < -0.4 is 10.9 Å². The van der Waals surface area contributed by atoms with Crippen LogP contribution in [0.3, 0.4) is 0 Å².